The largest absolute Gasteiger partial charge is 0.478 e. The van der Waals surface area contributed by atoms with Gasteiger partial charge in [-0.15, -0.1) is 11.8 Å². The number of H-pyrrole nitrogens is 1. The highest BCUT2D eigenvalue weighted by atomic mass is 32.2. The summed E-state index contributed by atoms with van der Waals surface area (Å²) in [6.45, 7) is 8.31. The normalized spacial score (nSPS) is 20.6. The van der Waals surface area contributed by atoms with Crippen LogP contribution in [-0.2, 0) is 6.54 Å². The number of nitrogens with zero attached hydrogens (tertiary/aromatic N) is 1. The lowest BCUT2D eigenvalue weighted by Gasteiger charge is -2.53. The first-order chi connectivity index (χ1) is 15.4. The van der Waals surface area contributed by atoms with Crippen LogP contribution >= 0.6 is 11.8 Å². The number of carbonyl (C=O) groups is 1. The zero-order valence-electron chi connectivity index (χ0n) is 18.8. The van der Waals surface area contributed by atoms with Gasteiger partial charge in [-0.25, -0.2) is 4.79 Å². The molecular formula is C27H30N2O2S. The molecule has 2 N–H and O–H groups in total. The van der Waals surface area contributed by atoms with Crippen molar-refractivity contribution >= 4 is 28.6 Å². The third-order valence-corrected chi connectivity index (χ3v) is 8.29. The molecule has 0 bridgehead atoms. The van der Waals surface area contributed by atoms with Gasteiger partial charge < -0.3 is 10.1 Å². The van der Waals surface area contributed by atoms with E-state index in [-0.39, 0.29) is 6.04 Å². The Morgan fingerprint density at radius 1 is 1.28 bits per heavy atom. The van der Waals surface area contributed by atoms with Crippen molar-refractivity contribution in [3.63, 3.8) is 0 Å². The summed E-state index contributed by atoms with van der Waals surface area (Å²) in [6.07, 6.45) is 8.77. The molecule has 2 heterocycles. The maximum absolute atomic E-state index is 11.4. The van der Waals surface area contributed by atoms with E-state index in [4.69, 9.17) is 0 Å². The second kappa shape index (κ2) is 8.13. The van der Waals surface area contributed by atoms with Crippen LogP contribution in [0.15, 0.2) is 59.6 Å². The summed E-state index contributed by atoms with van der Waals surface area (Å²) < 4.78 is 0. The van der Waals surface area contributed by atoms with Crippen LogP contribution in [0.2, 0.25) is 0 Å². The van der Waals surface area contributed by atoms with Crippen LogP contribution in [0.3, 0.4) is 0 Å². The molecule has 0 unspecified atom stereocenters. The summed E-state index contributed by atoms with van der Waals surface area (Å²) in [5.74, 6) is -0.872. The van der Waals surface area contributed by atoms with Gasteiger partial charge in [-0.05, 0) is 91.8 Å². The van der Waals surface area contributed by atoms with Gasteiger partial charge in [-0.3, -0.25) is 4.90 Å². The van der Waals surface area contributed by atoms with Crippen LogP contribution in [0.4, 0.5) is 0 Å². The molecule has 166 valence electrons. The van der Waals surface area contributed by atoms with Crippen molar-refractivity contribution in [3.8, 4) is 0 Å². The van der Waals surface area contributed by atoms with Crippen molar-refractivity contribution in [3.05, 3.63) is 77.0 Å². The van der Waals surface area contributed by atoms with E-state index in [1.54, 1.807) is 12.1 Å². The molecular weight excluding hydrogens is 416 g/mol. The van der Waals surface area contributed by atoms with Gasteiger partial charge in [0.1, 0.15) is 0 Å². The first-order valence-corrected chi connectivity index (χ1v) is 12.5. The molecule has 1 atom stereocenters. The highest BCUT2D eigenvalue weighted by molar-refractivity contribution is 7.98. The lowest BCUT2D eigenvalue weighted by Crippen LogP contribution is -2.45. The highest BCUT2D eigenvalue weighted by Crippen LogP contribution is 2.56. The summed E-state index contributed by atoms with van der Waals surface area (Å²) in [5, 5.41) is 10.6. The molecule has 2 fully saturated rings. The lowest BCUT2D eigenvalue weighted by molar-refractivity contribution is 0.0173. The summed E-state index contributed by atoms with van der Waals surface area (Å²) in [5.41, 5.74) is 7.20. The number of carboxylic acids is 1. The van der Waals surface area contributed by atoms with E-state index in [2.05, 4.69) is 41.8 Å². The Bertz CT molecular complexity index is 1190. The summed E-state index contributed by atoms with van der Waals surface area (Å²) in [6, 6.07) is 12.3. The second-order valence-corrected chi connectivity index (χ2v) is 10.5. The first-order valence-electron chi connectivity index (χ1n) is 11.3. The number of aromatic nitrogens is 1. The van der Waals surface area contributed by atoms with Crippen LogP contribution in [0.5, 0.6) is 0 Å². The van der Waals surface area contributed by atoms with Crippen LogP contribution in [-0.4, -0.2) is 33.8 Å². The van der Waals surface area contributed by atoms with E-state index in [0.29, 0.717) is 11.0 Å². The zero-order valence-corrected chi connectivity index (χ0v) is 19.6. The Morgan fingerprint density at radius 2 is 2.03 bits per heavy atom. The van der Waals surface area contributed by atoms with Crippen LogP contribution < -0.4 is 0 Å². The predicted octanol–water partition coefficient (Wildman–Crippen LogP) is 6.57. The van der Waals surface area contributed by atoms with Crippen LogP contribution in [0.1, 0.15) is 58.8 Å². The van der Waals surface area contributed by atoms with Crippen molar-refractivity contribution in [1.29, 1.82) is 0 Å². The van der Waals surface area contributed by atoms with Gasteiger partial charge in [0, 0.05) is 34.6 Å². The van der Waals surface area contributed by atoms with Gasteiger partial charge in [-0.1, -0.05) is 24.3 Å². The van der Waals surface area contributed by atoms with Gasteiger partial charge in [0.25, 0.3) is 0 Å². The fraction of sp³-hybridized carbons (Fsp3) is 0.370. The van der Waals surface area contributed by atoms with Crippen molar-refractivity contribution < 1.29 is 9.90 Å². The number of allylic oxidation sites excluding steroid dienone is 1. The lowest BCUT2D eigenvalue weighted by atomic mass is 9.59. The number of carboxylic acid groups (broad SMARTS) is 1. The SMILES string of the molecule is C=C1CC2(CCN(Cc3c(SC)cc(C)c4[nH]ccc34)[C@H](c3ccc(C(=O)O)cc3)C2)C1. The molecule has 2 aliphatic rings. The molecule has 1 aromatic heterocycles. The summed E-state index contributed by atoms with van der Waals surface area (Å²) in [7, 11) is 0. The standard InChI is InChI=1S/C27H30N2O2S/c1-17-13-27(14-17)9-11-29(23(15-27)19-4-6-20(7-5-19)26(30)31)16-22-21-8-10-28-25(21)18(2)12-24(22)32-3/h4-8,10,12,23,28H,1,9,11,13-16H2,2-3H3,(H,30,31)/t23-/m0/s1. The van der Waals surface area contributed by atoms with Gasteiger partial charge in [-0.2, -0.15) is 0 Å². The minimum absolute atomic E-state index is 0.282. The van der Waals surface area contributed by atoms with Crippen molar-refractivity contribution in [2.75, 3.05) is 12.8 Å². The van der Waals surface area contributed by atoms with E-state index < -0.39 is 5.97 Å². The number of thioether (sulfide) groups is 1. The fourth-order valence-electron chi connectivity index (χ4n) is 5.86. The molecule has 2 aromatic carbocycles. The number of hydrogen-bond donors (Lipinski definition) is 2. The Kier molecular flexibility index (Phi) is 5.42. The number of nitrogens with one attached hydrogen (secondary N) is 1. The molecule has 0 amide bonds. The number of aryl methyl sites for hydroxylation is 1. The van der Waals surface area contributed by atoms with E-state index in [0.717, 1.165) is 32.4 Å². The van der Waals surface area contributed by atoms with E-state index in [1.807, 2.05) is 30.1 Å². The van der Waals surface area contributed by atoms with Crippen LogP contribution in [0.25, 0.3) is 10.9 Å². The summed E-state index contributed by atoms with van der Waals surface area (Å²) in [4.78, 5) is 18.7. The van der Waals surface area contributed by atoms with E-state index >= 15 is 0 Å². The molecule has 5 heteroatoms. The Morgan fingerprint density at radius 3 is 2.69 bits per heavy atom. The molecule has 3 aromatic rings. The van der Waals surface area contributed by atoms with Gasteiger partial charge in [0.05, 0.1) is 5.56 Å². The second-order valence-electron chi connectivity index (χ2n) is 9.61. The van der Waals surface area contributed by atoms with Crippen molar-refractivity contribution in [2.24, 2.45) is 5.41 Å². The predicted molar refractivity (Wildman–Crippen MR) is 131 cm³/mol. The number of rotatable bonds is 5. The number of benzene rings is 2. The number of aromatic carboxylic acids is 1. The zero-order chi connectivity index (χ0) is 22.5. The average molecular weight is 447 g/mol. The Balaban J connectivity index is 1.51. The summed E-state index contributed by atoms with van der Waals surface area (Å²) >= 11 is 1.82. The highest BCUT2D eigenvalue weighted by Gasteiger charge is 2.46. The molecule has 0 radical (unpaired) electrons. The monoisotopic (exact) mass is 446 g/mol. The topological polar surface area (TPSA) is 56.3 Å². The smallest absolute Gasteiger partial charge is 0.335 e. The molecule has 1 saturated carbocycles. The maximum atomic E-state index is 11.4. The van der Waals surface area contributed by atoms with E-state index in [1.165, 1.54) is 44.5 Å². The molecule has 32 heavy (non-hydrogen) atoms. The fourth-order valence-corrected chi connectivity index (χ4v) is 6.57. The third kappa shape index (κ3) is 3.67. The minimum atomic E-state index is -0.872. The average Bonchev–Trinajstić information content (AvgIpc) is 3.26. The molecule has 1 aliphatic carbocycles. The van der Waals surface area contributed by atoms with Crippen molar-refractivity contribution in [2.45, 2.75) is 50.1 Å². The molecule has 1 aliphatic heterocycles. The minimum Gasteiger partial charge on any atom is -0.478 e. The molecule has 4 nitrogen and oxygen atoms in total. The molecule has 5 rings (SSSR count). The molecule has 1 spiro atoms. The van der Waals surface area contributed by atoms with Crippen LogP contribution in [0, 0.1) is 12.3 Å². The third-order valence-electron chi connectivity index (χ3n) is 7.48. The Hall–Kier alpha value is -2.50. The number of aromatic amines is 1. The molecule has 1 saturated heterocycles. The van der Waals surface area contributed by atoms with E-state index in [9.17, 15) is 9.90 Å². The number of piperidine rings is 1. The quantitative estimate of drug-likeness (QED) is 0.344. The van der Waals surface area contributed by atoms with Gasteiger partial charge >= 0.3 is 5.97 Å². The number of hydrogen-bond acceptors (Lipinski definition) is 3. The maximum Gasteiger partial charge on any atom is 0.335 e. The Labute approximate surface area is 193 Å². The van der Waals surface area contributed by atoms with Gasteiger partial charge in [0.2, 0.25) is 0 Å². The number of likely N-dealkylation sites (tertiary alicyclic amines) is 1. The van der Waals surface area contributed by atoms with Crippen molar-refractivity contribution in [1.82, 2.24) is 9.88 Å². The number of fused-ring (bicyclic) bond motifs is 1. The van der Waals surface area contributed by atoms with Gasteiger partial charge in [0.15, 0.2) is 0 Å². The first kappa shape index (κ1) is 21.4.